The smallest absolute Gasteiger partial charge is 0.209 e. The van der Waals surface area contributed by atoms with Crippen LogP contribution >= 0.6 is 15.9 Å². The van der Waals surface area contributed by atoms with E-state index in [-0.39, 0.29) is 0 Å². The van der Waals surface area contributed by atoms with Crippen molar-refractivity contribution in [2.45, 2.75) is 0 Å². The molecule has 0 saturated heterocycles. The summed E-state index contributed by atoms with van der Waals surface area (Å²) in [6, 6.07) is 9.84. The Morgan fingerprint density at radius 3 is 2.61 bits per heavy atom. The van der Waals surface area contributed by atoms with Gasteiger partial charge in [-0.05, 0) is 33.3 Å². The van der Waals surface area contributed by atoms with E-state index in [2.05, 4.69) is 36.4 Å². The first-order chi connectivity index (χ1) is 8.75. The molecule has 0 fully saturated rings. The fraction of sp³-hybridized carbons (Fsp3) is 0.0909. The zero-order valence-corrected chi connectivity index (χ0v) is 11.1. The van der Waals surface area contributed by atoms with Gasteiger partial charge in [0.1, 0.15) is 4.60 Å². The first kappa shape index (κ1) is 11.1. The van der Waals surface area contributed by atoms with E-state index in [1.54, 1.807) is 17.9 Å². The van der Waals surface area contributed by atoms with Crippen LogP contribution in [0.5, 0.6) is 0 Å². The molecule has 0 aliphatic rings. The number of halogens is 1. The van der Waals surface area contributed by atoms with Crippen LogP contribution in [-0.2, 0) is 7.05 Å². The normalized spacial score (nSPS) is 10.8. The van der Waals surface area contributed by atoms with E-state index >= 15 is 0 Å². The van der Waals surface area contributed by atoms with Gasteiger partial charge in [0.15, 0.2) is 0 Å². The lowest BCUT2D eigenvalue weighted by Crippen LogP contribution is -1.95. The lowest BCUT2D eigenvalue weighted by Gasteiger charge is -2.02. The summed E-state index contributed by atoms with van der Waals surface area (Å²) in [5, 5.41) is 16.3. The molecule has 0 unspecified atom stereocenters. The third-order valence-electron chi connectivity index (χ3n) is 2.46. The first-order valence-electron chi connectivity index (χ1n) is 5.29. The van der Waals surface area contributed by atoms with E-state index in [0.29, 0.717) is 5.82 Å². The van der Waals surface area contributed by atoms with E-state index < -0.39 is 0 Å². The van der Waals surface area contributed by atoms with Gasteiger partial charge in [-0.15, -0.1) is 10.2 Å². The molecule has 0 spiro atoms. The number of hydrogen-bond donors (Lipinski definition) is 0. The monoisotopic (exact) mass is 304 g/mol. The van der Waals surface area contributed by atoms with Crippen molar-refractivity contribution in [3.8, 4) is 17.1 Å². The van der Waals surface area contributed by atoms with Crippen LogP contribution in [0.1, 0.15) is 0 Å². The number of aryl methyl sites for hydroxylation is 1. The van der Waals surface area contributed by atoms with Crippen molar-refractivity contribution in [2.75, 3.05) is 0 Å². The minimum absolute atomic E-state index is 0.548. The Balaban J connectivity index is 2.08. The number of aromatic nitrogens is 6. The molecule has 0 aliphatic heterocycles. The highest BCUT2D eigenvalue weighted by atomic mass is 79.9. The van der Waals surface area contributed by atoms with Gasteiger partial charge in [-0.1, -0.05) is 18.2 Å². The molecule has 6 nitrogen and oxygen atoms in total. The molecule has 1 aromatic carbocycles. The SMILES string of the molecule is Cn1nnc(-c2cnn(-c3ccccc3)c2Br)n1. The van der Waals surface area contributed by atoms with E-state index in [9.17, 15) is 0 Å². The molecule has 0 aliphatic carbocycles. The zero-order chi connectivity index (χ0) is 12.5. The molecule has 7 heteroatoms. The standard InChI is InChI=1S/C11H9BrN6/c1-17-15-11(14-16-17)9-7-13-18(10(9)12)8-5-3-2-4-6-8/h2-7H,1H3. The van der Waals surface area contributed by atoms with E-state index in [1.807, 2.05) is 30.3 Å². The van der Waals surface area contributed by atoms with Crippen LogP contribution in [0.2, 0.25) is 0 Å². The summed E-state index contributed by atoms with van der Waals surface area (Å²) in [6.45, 7) is 0. The van der Waals surface area contributed by atoms with Gasteiger partial charge >= 0.3 is 0 Å². The highest BCUT2D eigenvalue weighted by molar-refractivity contribution is 9.10. The van der Waals surface area contributed by atoms with Gasteiger partial charge in [-0.2, -0.15) is 9.90 Å². The lowest BCUT2D eigenvalue weighted by atomic mass is 10.3. The summed E-state index contributed by atoms with van der Waals surface area (Å²) in [5.41, 5.74) is 1.78. The molecule has 90 valence electrons. The van der Waals surface area contributed by atoms with Crippen LogP contribution < -0.4 is 0 Å². The Kier molecular flexibility index (Phi) is 2.67. The predicted molar refractivity (Wildman–Crippen MR) is 69.1 cm³/mol. The molecule has 2 heterocycles. The second-order valence-electron chi connectivity index (χ2n) is 3.70. The van der Waals surface area contributed by atoms with Crippen molar-refractivity contribution in [3.63, 3.8) is 0 Å². The van der Waals surface area contributed by atoms with Gasteiger partial charge in [-0.3, -0.25) is 0 Å². The minimum Gasteiger partial charge on any atom is -0.226 e. The van der Waals surface area contributed by atoms with Crippen molar-refractivity contribution in [2.24, 2.45) is 7.05 Å². The summed E-state index contributed by atoms with van der Waals surface area (Å²) in [4.78, 5) is 1.42. The molecule has 18 heavy (non-hydrogen) atoms. The van der Waals surface area contributed by atoms with E-state index in [4.69, 9.17) is 0 Å². The Hall–Kier alpha value is -2.02. The number of para-hydroxylation sites is 1. The maximum Gasteiger partial charge on any atom is 0.209 e. The molecule has 0 radical (unpaired) electrons. The second-order valence-corrected chi connectivity index (χ2v) is 4.45. The molecular formula is C11H9BrN6. The number of rotatable bonds is 2. The molecule has 0 N–H and O–H groups in total. The van der Waals surface area contributed by atoms with Crippen molar-refractivity contribution in [1.82, 2.24) is 30.0 Å². The Bertz CT molecular complexity index is 672. The molecule has 0 atom stereocenters. The quantitative estimate of drug-likeness (QED) is 0.724. The largest absolute Gasteiger partial charge is 0.226 e. The fourth-order valence-electron chi connectivity index (χ4n) is 1.62. The van der Waals surface area contributed by atoms with Crippen molar-refractivity contribution in [1.29, 1.82) is 0 Å². The van der Waals surface area contributed by atoms with Gasteiger partial charge in [0, 0.05) is 0 Å². The molecule has 2 aromatic heterocycles. The van der Waals surface area contributed by atoms with Crippen LogP contribution in [0.25, 0.3) is 17.1 Å². The summed E-state index contributed by atoms with van der Waals surface area (Å²) in [6.07, 6.45) is 1.72. The van der Waals surface area contributed by atoms with Crippen LogP contribution in [0.4, 0.5) is 0 Å². The Labute approximate surface area is 111 Å². The maximum atomic E-state index is 4.32. The molecular weight excluding hydrogens is 296 g/mol. The highest BCUT2D eigenvalue weighted by Gasteiger charge is 2.15. The van der Waals surface area contributed by atoms with Crippen LogP contribution in [0.3, 0.4) is 0 Å². The van der Waals surface area contributed by atoms with Crippen LogP contribution in [0.15, 0.2) is 41.1 Å². The average Bonchev–Trinajstić information content (AvgIpc) is 2.97. The van der Waals surface area contributed by atoms with Gasteiger partial charge in [0.2, 0.25) is 5.82 Å². The van der Waals surface area contributed by atoms with Gasteiger partial charge in [0.25, 0.3) is 0 Å². The van der Waals surface area contributed by atoms with E-state index in [1.165, 1.54) is 4.80 Å². The average molecular weight is 305 g/mol. The molecule has 3 aromatic rings. The summed E-state index contributed by atoms with van der Waals surface area (Å²) >= 11 is 3.52. The predicted octanol–water partition coefficient (Wildman–Crippen LogP) is 1.83. The Morgan fingerprint density at radius 1 is 1.17 bits per heavy atom. The molecule has 3 rings (SSSR count). The van der Waals surface area contributed by atoms with Gasteiger partial charge in [-0.25, -0.2) is 4.68 Å². The third kappa shape index (κ3) is 1.82. The lowest BCUT2D eigenvalue weighted by molar-refractivity contribution is 0.630. The zero-order valence-electron chi connectivity index (χ0n) is 9.53. The van der Waals surface area contributed by atoms with E-state index in [0.717, 1.165) is 15.9 Å². The van der Waals surface area contributed by atoms with Crippen LogP contribution in [0, 0.1) is 0 Å². The number of nitrogens with zero attached hydrogens (tertiary/aromatic N) is 6. The third-order valence-corrected chi connectivity index (χ3v) is 3.22. The second kappa shape index (κ2) is 4.34. The first-order valence-corrected chi connectivity index (χ1v) is 6.08. The number of tetrazole rings is 1. The van der Waals surface area contributed by atoms with Gasteiger partial charge in [0.05, 0.1) is 24.5 Å². The number of hydrogen-bond acceptors (Lipinski definition) is 4. The van der Waals surface area contributed by atoms with Crippen molar-refractivity contribution < 1.29 is 0 Å². The fourth-order valence-corrected chi connectivity index (χ4v) is 2.20. The summed E-state index contributed by atoms with van der Waals surface area (Å²) < 4.78 is 2.59. The van der Waals surface area contributed by atoms with Crippen LogP contribution in [-0.4, -0.2) is 30.0 Å². The van der Waals surface area contributed by atoms with Gasteiger partial charge < -0.3 is 0 Å². The molecule has 0 amide bonds. The summed E-state index contributed by atoms with van der Waals surface area (Å²) in [7, 11) is 1.73. The molecule has 0 saturated carbocycles. The molecule has 0 bridgehead atoms. The highest BCUT2D eigenvalue weighted by Crippen LogP contribution is 2.26. The summed E-state index contributed by atoms with van der Waals surface area (Å²) in [5.74, 6) is 0.548. The van der Waals surface area contributed by atoms with Crippen molar-refractivity contribution in [3.05, 3.63) is 41.1 Å². The topological polar surface area (TPSA) is 61.4 Å². The Morgan fingerprint density at radius 2 is 1.94 bits per heavy atom. The minimum atomic E-state index is 0.548. The number of benzene rings is 1. The maximum absolute atomic E-state index is 4.32. The van der Waals surface area contributed by atoms with Crippen molar-refractivity contribution >= 4 is 15.9 Å².